The van der Waals surface area contributed by atoms with Gasteiger partial charge in [-0.1, -0.05) is 32.6 Å². The van der Waals surface area contributed by atoms with Crippen LogP contribution in [-0.2, 0) is 22.4 Å². The monoisotopic (exact) mass is 363 g/mol. The Hall–Kier alpha value is -1.36. The van der Waals surface area contributed by atoms with Gasteiger partial charge in [-0.3, -0.25) is 4.79 Å². The Morgan fingerprint density at radius 3 is 2.72 bits per heavy atom. The molecule has 5 heteroatoms. The molecule has 1 saturated carbocycles. The standard InChI is InChI=1S/C20H29NO3S/c1-3-24-20(23)18-15-10-8-13(2)12-16(15)25-19(18)21-17(22)11-9-14-6-4-5-7-14/h13-14H,3-12H2,1-2H3,(H,21,22). The fourth-order valence-corrected chi connectivity index (χ4v) is 5.50. The number of hydrogen-bond donors (Lipinski definition) is 1. The summed E-state index contributed by atoms with van der Waals surface area (Å²) in [6, 6.07) is 0. The zero-order valence-electron chi connectivity index (χ0n) is 15.4. The Labute approximate surface area is 154 Å². The Morgan fingerprint density at radius 1 is 1.24 bits per heavy atom. The van der Waals surface area contributed by atoms with Gasteiger partial charge in [0, 0.05) is 11.3 Å². The van der Waals surface area contributed by atoms with Gasteiger partial charge < -0.3 is 10.1 Å². The average molecular weight is 364 g/mol. The normalized spacial score (nSPS) is 20.3. The Balaban J connectivity index is 1.72. The van der Waals surface area contributed by atoms with E-state index in [1.807, 2.05) is 6.92 Å². The van der Waals surface area contributed by atoms with Gasteiger partial charge >= 0.3 is 5.97 Å². The lowest BCUT2D eigenvalue weighted by Gasteiger charge is -2.18. The van der Waals surface area contributed by atoms with Gasteiger partial charge in [0.25, 0.3) is 0 Å². The van der Waals surface area contributed by atoms with E-state index in [4.69, 9.17) is 4.74 Å². The minimum Gasteiger partial charge on any atom is -0.462 e. The second kappa shape index (κ2) is 8.35. The third-order valence-corrected chi connectivity index (χ3v) is 6.67. The number of fused-ring (bicyclic) bond motifs is 1. The third-order valence-electron chi connectivity index (χ3n) is 5.50. The van der Waals surface area contributed by atoms with Crippen molar-refractivity contribution in [1.29, 1.82) is 0 Å². The van der Waals surface area contributed by atoms with E-state index >= 15 is 0 Å². The van der Waals surface area contributed by atoms with Gasteiger partial charge in [-0.25, -0.2) is 4.79 Å². The number of anilines is 1. The molecule has 1 unspecified atom stereocenters. The van der Waals surface area contributed by atoms with Crippen LogP contribution in [0.15, 0.2) is 0 Å². The van der Waals surface area contributed by atoms with Gasteiger partial charge in [0.2, 0.25) is 5.91 Å². The largest absolute Gasteiger partial charge is 0.462 e. The maximum absolute atomic E-state index is 12.5. The second-order valence-electron chi connectivity index (χ2n) is 7.51. The van der Waals surface area contributed by atoms with E-state index in [-0.39, 0.29) is 11.9 Å². The molecule has 0 aliphatic heterocycles. The fourth-order valence-electron chi connectivity index (χ4n) is 4.08. The topological polar surface area (TPSA) is 55.4 Å². The molecule has 0 aromatic carbocycles. The van der Waals surface area contributed by atoms with Crippen molar-refractivity contribution < 1.29 is 14.3 Å². The first kappa shape index (κ1) is 18.4. The molecule has 0 saturated heterocycles. The average Bonchev–Trinajstić information content (AvgIpc) is 3.19. The van der Waals surface area contributed by atoms with Crippen molar-refractivity contribution in [3.8, 4) is 0 Å². The van der Waals surface area contributed by atoms with Crippen LogP contribution in [0, 0.1) is 11.8 Å². The minimum atomic E-state index is -0.291. The summed E-state index contributed by atoms with van der Waals surface area (Å²) in [6.45, 7) is 4.42. The first-order valence-corrected chi connectivity index (χ1v) is 10.5. The number of carbonyl (C=O) groups is 2. The Morgan fingerprint density at radius 2 is 2.00 bits per heavy atom. The summed E-state index contributed by atoms with van der Waals surface area (Å²) in [4.78, 5) is 26.1. The lowest BCUT2D eigenvalue weighted by atomic mass is 9.88. The van der Waals surface area contributed by atoms with Crippen molar-refractivity contribution in [1.82, 2.24) is 0 Å². The highest BCUT2D eigenvalue weighted by atomic mass is 32.1. The molecule has 138 valence electrons. The van der Waals surface area contributed by atoms with E-state index in [1.54, 1.807) is 11.3 Å². The van der Waals surface area contributed by atoms with Gasteiger partial charge in [0.05, 0.1) is 12.2 Å². The van der Waals surface area contributed by atoms with Crippen molar-refractivity contribution in [3.05, 3.63) is 16.0 Å². The SMILES string of the molecule is CCOC(=O)c1c(NC(=O)CCC2CCCC2)sc2c1CCC(C)C2. The summed E-state index contributed by atoms with van der Waals surface area (Å²) in [6.07, 6.45) is 9.60. The molecule has 1 aromatic rings. The van der Waals surface area contributed by atoms with Crippen LogP contribution < -0.4 is 5.32 Å². The number of ether oxygens (including phenoxy) is 1. The van der Waals surface area contributed by atoms with Crippen LogP contribution in [0.3, 0.4) is 0 Å². The Bertz CT molecular complexity index is 631. The molecule has 1 fully saturated rings. The Kier molecular flexibility index (Phi) is 6.15. The first-order valence-electron chi connectivity index (χ1n) is 9.70. The zero-order chi connectivity index (χ0) is 17.8. The molecule has 3 rings (SSSR count). The summed E-state index contributed by atoms with van der Waals surface area (Å²) >= 11 is 1.57. The predicted molar refractivity (Wildman–Crippen MR) is 101 cm³/mol. The molecule has 0 bridgehead atoms. The molecule has 1 aromatic heterocycles. The van der Waals surface area contributed by atoms with Crippen molar-refractivity contribution in [2.75, 3.05) is 11.9 Å². The molecular formula is C20H29NO3S. The second-order valence-corrected chi connectivity index (χ2v) is 8.62. The molecule has 1 amide bonds. The van der Waals surface area contributed by atoms with Crippen molar-refractivity contribution in [2.24, 2.45) is 11.8 Å². The number of esters is 1. The van der Waals surface area contributed by atoms with Crippen molar-refractivity contribution >= 4 is 28.2 Å². The molecule has 2 aliphatic rings. The summed E-state index contributed by atoms with van der Waals surface area (Å²) < 4.78 is 5.26. The van der Waals surface area contributed by atoms with Gasteiger partial charge in [0.15, 0.2) is 0 Å². The molecular weight excluding hydrogens is 334 g/mol. The van der Waals surface area contributed by atoms with Crippen LogP contribution in [0.2, 0.25) is 0 Å². The highest BCUT2D eigenvalue weighted by Gasteiger charge is 2.29. The van der Waals surface area contributed by atoms with Crippen molar-refractivity contribution in [3.63, 3.8) is 0 Å². The quantitative estimate of drug-likeness (QED) is 0.727. The van der Waals surface area contributed by atoms with Gasteiger partial charge in [0.1, 0.15) is 5.00 Å². The van der Waals surface area contributed by atoms with E-state index in [0.717, 1.165) is 31.2 Å². The van der Waals surface area contributed by atoms with Gasteiger partial charge in [-0.05, 0) is 50.0 Å². The molecule has 0 radical (unpaired) electrons. The first-order chi connectivity index (χ1) is 12.1. The lowest BCUT2D eigenvalue weighted by Crippen LogP contribution is -2.17. The smallest absolute Gasteiger partial charge is 0.341 e. The number of thiophene rings is 1. The summed E-state index contributed by atoms with van der Waals surface area (Å²) in [7, 11) is 0. The van der Waals surface area contributed by atoms with Crippen LogP contribution in [0.1, 0.15) is 79.6 Å². The van der Waals surface area contributed by atoms with Crippen LogP contribution in [0.25, 0.3) is 0 Å². The summed E-state index contributed by atoms with van der Waals surface area (Å²) in [5, 5.41) is 3.73. The van der Waals surface area contributed by atoms with E-state index in [0.29, 0.717) is 35.4 Å². The van der Waals surface area contributed by atoms with E-state index in [9.17, 15) is 9.59 Å². The number of rotatable bonds is 6. The third kappa shape index (κ3) is 4.43. The van der Waals surface area contributed by atoms with Crippen molar-refractivity contribution in [2.45, 2.75) is 71.6 Å². The van der Waals surface area contributed by atoms with Crippen LogP contribution in [-0.4, -0.2) is 18.5 Å². The highest BCUT2D eigenvalue weighted by Crippen LogP contribution is 2.40. The highest BCUT2D eigenvalue weighted by molar-refractivity contribution is 7.17. The molecule has 1 atom stereocenters. The van der Waals surface area contributed by atoms with Crippen LogP contribution in [0.5, 0.6) is 0 Å². The minimum absolute atomic E-state index is 0.0316. The van der Waals surface area contributed by atoms with E-state index in [1.165, 1.54) is 30.6 Å². The predicted octanol–water partition coefficient (Wildman–Crippen LogP) is 4.96. The number of hydrogen-bond acceptors (Lipinski definition) is 4. The molecule has 4 nitrogen and oxygen atoms in total. The van der Waals surface area contributed by atoms with Gasteiger partial charge in [-0.15, -0.1) is 11.3 Å². The summed E-state index contributed by atoms with van der Waals surface area (Å²) in [5.41, 5.74) is 1.72. The molecule has 1 heterocycles. The lowest BCUT2D eigenvalue weighted by molar-refractivity contribution is -0.116. The number of nitrogens with one attached hydrogen (secondary N) is 1. The van der Waals surface area contributed by atoms with E-state index < -0.39 is 0 Å². The number of carbonyl (C=O) groups excluding carboxylic acids is 2. The molecule has 0 spiro atoms. The van der Waals surface area contributed by atoms with Crippen LogP contribution >= 0.6 is 11.3 Å². The molecule has 2 aliphatic carbocycles. The maximum atomic E-state index is 12.5. The number of amides is 1. The summed E-state index contributed by atoms with van der Waals surface area (Å²) in [5.74, 6) is 1.07. The maximum Gasteiger partial charge on any atom is 0.341 e. The van der Waals surface area contributed by atoms with Crippen LogP contribution in [0.4, 0.5) is 5.00 Å². The molecule has 1 N–H and O–H groups in total. The fraction of sp³-hybridized carbons (Fsp3) is 0.700. The molecule has 25 heavy (non-hydrogen) atoms. The van der Waals surface area contributed by atoms with E-state index in [2.05, 4.69) is 12.2 Å². The van der Waals surface area contributed by atoms with Gasteiger partial charge in [-0.2, -0.15) is 0 Å². The zero-order valence-corrected chi connectivity index (χ0v) is 16.2.